The van der Waals surface area contributed by atoms with Gasteiger partial charge in [-0.25, -0.2) is 0 Å². The van der Waals surface area contributed by atoms with E-state index in [1.165, 1.54) is 37.2 Å². The van der Waals surface area contributed by atoms with Crippen LogP contribution in [-0.2, 0) is 20.1 Å². The summed E-state index contributed by atoms with van der Waals surface area (Å²) in [6, 6.07) is 0. The van der Waals surface area contributed by atoms with Gasteiger partial charge >= 0.3 is 0 Å². The lowest BCUT2D eigenvalue weighted by Crippen LogP contribution is -2.34. The van der Waals surface area contributed by atoms with Crippen LogP contribution < -0.4 is 5.73 Å². The third kappa shape index (κ3) is 2.44. The summed E-state index contributed by atoms with van der Waals surface area (Å²) in [6.07, 6.45) is 4.57. The summed E-state index contributed by atoms with van der Waals surface area (Å²) >= 11 is 0. The molecule has 0 radical (unpaired) electrons. The van der Waals surface area contributed by atoms with Crippen LogP contribution >= 0.6 is 0 Å². The standard InChI is InChI=1S/C12H22N4/c1-10-4-3-5-16(8-10)9-12-11(6-13)7-14-15(12)2/h7,10H,3-6,8-9,13H2,1-2H3. The minimum Gasteiger partial charge on any atom is -0.326 e. The molecule has 2 N–H and O–H groups in total. The lowest BCUT2D eigenvalue weighted by molar-refractivity contribution is 0.172. The Balaban J connectivity index is 2.04. The van der Waals surface area contributed by atoms with Gasteiger partial charge in [-0.1, -0.05) is 6.92 Å². The second kappa shape index (κ2) is 4.97. The maximum absolute atomic E-state index is 5.72. The van der Waals surface area contributed by atoms with Crippen LogP contribution in [0.1, 0.15) is 31.0 Å². The number of piperidine rings is 1. The van der Waals surface area contributed by atoms with Crippen LogP contribution in [0.4, 0.5) is 0 Å². The maximum Gasteiger partial charge on any atom is 0.0565 e. The minimum absolute atomic E-state index is 0.590. The summed E-state index contributed by atoms with van der Waals surface area (Å²) in [5.41, 5.74) is 8.18. The van der Waals surface area contributed by atoms with Crippen LogP contribution in [0.2, 0.25) is 0 Å². The van der Waals surface area contributed by atoms with E-state index in [1.807, 2.05) is 17.9 Å². The van der Waals surface area contributed by atoms with Gasteiger partial charge in [-0.3, -0.25) is 9.58 Å². The van der Waals surface area contributed by atoms with Crippen LogP contribution in [0.25, 0.3) is 0 Å². The van der Waals surface area contributed by atoms with E-state index in [-0.39, 0.29) is 0 Å². The monoisotopic (exact) mass is 222 g/mol. The van der Waals surface area contributed by atoms with E-state index in [9.17, 15) is 0 Å². The van der Waals surface area contributed by atoms with E-state index in [4.69, 9.17) is 5.73 Å². The third-order valence-electron chi connectivity index (χ3n) is 3.48. The molecular weight excluding hydrogens is 200 g/mol. The molecule has 0 saturated carbocycles. The fourth-order valence-corrected chi connectivity index (χ4v) is 2.52. The first kappa shape index (κ1) is 11.6. The zero-order valence-electron chi connectivity index (χ0n) is 10.3. The molecule has 2 heterocycles. The molecule has 0 aromatic carbocycles. The fourth-order valence-electron chi connectivity index (χ4n) is 2.52. The van der Waals surface area contributed by atoms with E-state index in [0.29, 0.717) is 6.54 Å². The summed E-state index contributed by atoms with van der Waals surface area (Å²) in [5, 5.41) is 4.28. The predicted octanol–water partition coefficient (Wildman–Crippen LogP) is 1.11. The molecule has 0 aliphatic carbocycles. The Kier molecular flexibility index (Phi) is 3.61. The summed E-state index contributed by atoms with van der Waals surface area (Å²) in [4.78, 5) is 2.52. The van der Waals surface area contributed by atoms with Crippen LogP contribution in [-0.4, -0.2) is 27.8 Å². The van der Waals surface area contributed by atoms with Crippen LogP contribution in [0.15, 0.2) is 6.20 Å². The molecule has 1 fully saturated rings. The van der Waals surface area contributed by atoms with Gasteiger partial charge in [-0.2, -0.15) is 5.10 Å². The molecule has 4 heteroatoms. The second-order valence-corrected chi connectivity index (χ2v) is 4.93. The Morgan fingerprint density at radius 2 is 2.38 bits per heavy atom. The molecule has 1 aromatic rings. The number of rotatable bonds is 3. The molecule has 1 saturated heterocycles. The zero-order valence-corrected chi connectivity index (χ0v) is 10.3. The average molecular weight is 222 g/mol. The van der Waals surface area contributed by atoms with Crippen molar-refractivity contribution >= 4 is 0 Å². The predicted molar refractivity (Wildman–Crippen MR) is 64.8 cm³/mol. The minimum atomic E-state index is 0.590. The van der Waals surface area contributed by atoms with Crippen LogP contribution in [0, 0.1) is 5.92 Å². The topological polar surface area (TPSA) is 47.1 Å². The fraction of sp³-hybridized carbons (Fsp3) is 0.750. The molecule has 0 bridgehead atoms. The molecule has 1 aromatic heterocycles. The van der Waals surface area contributed by atoms with Crippen molar-refractivity contribution < 1.29 is 0 Å². The van der Waals surface area contributed by atoms with Gasteiger partial charge in [-0.15, -0.1) is 0 Å². The number of nitrogens with two attached hydrogens (primary N) is 1. The van der Waals surface area contributed by atoms with Crippen molar-refractivity contribution in [3.05, 3.63) is 17.5 Å². The smallest absolute Gasteiger partial charge is 0.0565 e. The van der Waals surface area contributed by atoms with E-state index < -0.39 is 0 Å². The van der Waals surface area contributed by atoms with Crippen molar-refractivity contribution in [2.45, 2.75) is 32.9 Å². The van der Waals surface area contributed by atoms with Crippen molar-refractivity contribution in [3.8, 4) is 0 Å². The Labute approximate surface area is 97.4 Å². The largest absolute Gasteiger partial charge is 0.326 e. The third-order valence-corrected chi connectivity index (χ3v) is 3.48. The van der Waals surface area contributed by atoms with Gasteiger partial charge < -0.3 is 5.73 Å². The first-order chi connectivity index (χ1) is 7.70. The van der Waals surface area contributed by atoms with E-state index >= 15 is 0 Å². The lowest BCUT2D eigenvalue weighted by Gasteiger charge is -2.30. The van der Waals surface area contributed by atoms with Gasteiger partial charge in [0.2, 0.25) is 0 Å². The number of aromatic nitrogens is 2. The summed E-state index contributed by atoms with van der Waals surface area (Å²) < 4.78 is 1.96. The van der Waals surface area contributed by atoms with Crippen molar-refractivity contribution in [3.63, 3.8) is 0 Å². The lowest BCUT2D eigenvalue weighted by atomic mass is 10.00. The van der Waals surface area contributed by atoms with Gasteiger partial charge in [0, 0.05) is 32.2 Å². The quantitative estimate of drug-likeness (QED) is 0.833. The molecule has 0 spiro atoms. The Bertz CT molecular complexity index is 345. The molecule has 1 atom stereocenters. The van der Waals surface area contributed by atoms with Crippen molar-refractivity contribution in [1.29, 1.82) is 0 Å². The molecule has 1 aliphatic heterocycles. The molecule has 4 nitrogen and oxygen atoms in total. The highest BCUT2D eigenvalue weighted by Gasteiger charge is 2.18. The second-order valence-electron chi connectivity index (χ2n) is 4.93. The highest BCUT2D eigenvalue weighted by molar-refractivity contribution is 5.17. The molecule has 16 heavy (non-hydrogen) atoms. The number of aryl methyl sites for hydroxylation is 1. The molecule has 0 amide bonds. The van der Waals surface area contributed by atoms with Gasteiger partial charge in [0.05, 0.1) is 11.9 Å². The van der Waals surface area contributed by atoms with Crippen LogP contribution in [0.5, 0.6) is 0 Å². The van der Waals surface area contributed by atoms with E-state index in [0.717, 1.165) is 12.5 Å². The highest BCUT2D eigenvalue weighted by Crippen LogP contribution is 2.18. The molecule has 2 rings (SSSR count). The number of nitrogens with zero attached hydrogens (tertiary/aromatic N) is 3. The normalized spacial score (nSPS) is 22.6. The van der Waals surface area contributed by atoms with Gasteiger partial charge in [0.25, 0.3) is 0 Å². The van der Waals surface area contributed by atoms with Gasteiger partial charge in [0.15, 0.2) is 0 Å². The Morgan fingerprint density at radius 3 is 3.06 bits per heavy atom. The number of hydrogen-bond acceptors (Lipinski definition) is 3. The Hall–Kier alpha value is -0.870. The van der Waals surface area contributed by atoms with Crippen LogP contribution in [0.3, 0.4) is 0 Å². The Morgan fingerprint density at radius 1 is 1.56 bits per heavy atom. The average Bonchev–Trinajstić information content (AvgIpc) is 2.60. The van der Waals surface area contributed by atoms with Gasteiger partial charge in [-0.05, 0) is 25.3 Å². The van der Waals surface area contributed by atoms with Gasteiger partial charge in [0.1, 0.15) is 0 Å². The number of likely N-dealkylation sites (tertiary alicyclic amines) is 1. The highest BCUT2D eigenvalue weighted by atomic mass is 15.3. The van der Waals surface area contributed by atoms with E-state index in [1.54, 1.807) is 0 Å². The zero-order chi connectivity index (χ0) is 11.5. The number of hydrogen-bond donors (Lipinski definition) is 1. The van der Waals surface area contributed by atoms with Crippen molar-refractivity contribution in [2.24, 2.45) is 18.7 Å². The van der Waals surface area contributed by atoms with E-state index in [2.05, 4.69) is 16.9 Å². The maximum atomic E-state index is 5.72. The summed E-state index contributed by atoms with van der Waals surface area (Å²) in [5.74, 6) is 0.823. The molecule has 1 aliphatic rings. The molecule has 90 valence electrons. The molecular formula is C12H22N4. The SMILES string of the molecule is CC1CCCN(Cc2c(CN)cnn2C)C1. The summed E-state index contributed by atoms with van der Waals surface area (Å²) in [7, 11) is 2.00. The van der Waals surface area contributed by atoms with Crippen molar-refractivity contribution in [2.75, 3.05) is 13.1 Å². The van der Waals surface area contributed by atoms with Crippen molar-refractivity contribution in [1.82, 2.24) is 14.7 Å². The first-order valence-corrected chi connectivity index (χ1v) is 6.13. The first-order valence-electron chi connectivity index (χ1n) is 6.13. The summed E-state index contributed by atoms with van der Waals surface area (Å²) in [6.45, 7) is 6.33. The molecule has 1 unspecified atom stereocenters.